The first-order valence-electron chi connectivity index (χ1n) is 13.8. The number of anilines is 2. The molecule has 0 heterocycles. The zero-order valence-electron chi connectivity index (χ0n) is 24.3. The van der Waals surface area contributed by atoms with Crippen LogP contribution in [0.4, 0.5) is 11.4 Å². The lowest BCUT2D eigenvalue weighted by molar-refractivity contribution is -0.115. The van der Waals surface area contributed by atoms with E-state index in [1.807, 2.05) is 0 Å². The molecular formula is C34H29Cl2N3O5S. The minimum absolute atomic E-state index is 0.0212. The third kappa shape index (κ3) is 9.71. The second-order valence-corrected chi connectivity index (χ2v) is 11.8. The Labute approximate surface area is 275 Å². The van der Waals surface area contributed by atoms with Gasteiger partial charge in [-0.2, -0.15) is 0 Å². The molecular weight excluding hydrogens is 633 g/mol. The molecule has 0 aromatic heterocycles. The van der Waals surface area contributed by atoms with Crippen molar-refractivity contribution in [3.05, 3.63) is 129 Å². The number of esters is 1. The standard InChI is InChI=1S/C34H29Cl2N3O5S/c1-3-44-34(43)23-10-13-26(14-11-23)37-31(40)21(2)45-28-17-15-27(16-18-28)38-33(42)30(19-24-9-12-25(35)20-29(24)36)39-32(41)22-7-5-4-6-8-22/h4-21H,3H2,1-2H3,(H,37,40)(H,38,42)(H,39,41)/b30-19-. The third-order valence-electron chi connectivity index (χ3n) is 6.25. The molecule has 0 bridgehead atoms. The number of rotatable bonds is 11. The first-order chi connectivity index (χ1) is 21.6. The van der Waals surface area contributed by atoms with Crippen molar-refractivity contribution < 1.29 is 23.9 Å². The van der Waals surface area contributed by atoms with Crippen LogP contribution < -0.4 is 16.0 Å². The van der Waals surface area contributed by atoms with Crippen molar-refractivity contribution in [3.63, 3.8) is 0 Å². The minimum Gasteiger partial charge on any atom is -0.462 e. The Morgan fingerprint density at radius 2 is 1.47 bits per heavy atom. The number of nitrogens with one attached hydrogen (secondary N) is 3. The Kier molecular flexibility index (Phi) is 11.8. The molecule has 45 heavy (non-hydrogen) atoms. The van der Waals surface area contributed by atoms with Crippen LogP contribution in [0.5, 0.6) is 0 Å². The number of carbonyl (C=O) groups excluding carboxylic acids is 4. The Balaban J connectivity index is 1.40. The molecule has 0 aliphatic rings. The molecule has 0 fully saturated rings. The number of halogens is 2. The Bertz CT molecular complexity index is 1710. The van der Waals surface area contributed by atoms with E-state index in [0.717, 1.165) is 4.90 Å². The lowest BCUT2D eigenvalue weighted by Gasteiger charge is -2.14. The molecule has 8 nitrogen and oxygen atoms in total. The quantitative estimate of drug-likeness (QED) is 0.0862. The number of carbonyl (C=O) groups is 4. The zero-order chi connectivity index (χ0) is 32.3. The molecule has 4 aromatic rings. The largest absolute Gasteiger partial charge is 0.462 e. The molecule has 0 saturated heterocycles. The summed E-state index contributed by atoms with van der Waals surface area (Å²) in [5.41, 5.74) is 2.29. The van der Waals surface area contributed by atoms with Crippen molar-refractivity contribution in [2.45, 2.75) is 24.0 Å². The van der Waals surface area contributed by atoms with Crippen molar-refractivity contribution in [1.29, 1.82) is 0 Å². The summed E-state index contributed by atoms with van der Waals surface area (Å²) in [6, 6.07) is 26.8. The predicted molar refractivity (Wildman–Crippen MR) is 180 cm³/mol. The van der Waals surface area contributed by atoms with E-state index in [4.69, 9.17) is 27.9 Å². The fourth-order valence-corrected chi connectivity index (χ4v) is 5.27. The van der Waals surface area contributed by atoms with Gasteiger partial charge in [-0.15, -0.1) is 11.8 Å². The molecule has 0 aliphatic heterocycles. The van der Waals surface area contributed by atoms with Gasteiger partial charge in [0.1, 0.15) is 5.70 Å². The van der Waals surface area contributed by atoms with Crippen LogP contribution in [0.15, 0.2) is 108 Å². The molecule has 3 N–H and O–H groups in total. The Hall–Kier alpha value is -4.57. The molecule has 0 aliphatic carbocycles. The molecule has 0 saturated carbocycles. The number of hydrogen-bond donors (Lipinski definition) is 3. The van der Waals surface area contributed by atoms with E-state index >= 15 is 0 Å². The summed E-state index contributed by atoms with van der Waals surface area (Å²) in [5, 5.41) is 8.61. The first kappa shape index (κ1) is 33.3. The Morgan fingerprint density at radius 1 is 0.822 bits per heavy atom. The second kappa shape index (κ2) is 15.9. The lowest BCUT2D eigenvalue weighted by atomic mass is 10.1. The molecule has 230 valence electrons. The van der Waals surface area contributed by atoms with Gasteiger partial charge in [0, 0.05) is 31.9 Å². The topological polar surface area (TPSA) is 114 Å². The highest BCUT2D eigenvalue weighted by molar-refractivity contribution is 8.00. The van der Waals surface area contributed by atoms with E-state index in [-0.39, 0.29) is 18.2 Å². The van der Waals surface area contributed by atoms with Crippen LogP contribution in [0, 0.1) is 0 Å². The van der Waals surface area contributed by atoms with Gasteiger partial charge in [0.05, 0.1) is 17.4 Å². The number of thioether (sulfide) groups is 1. The van der Waals surface area contributed by atoms with Crippen LogP contribution in [-0.4, -0.2) is 35.5 Å². The molecule has 4 rings (SSSR count). The van der Waals surface area contributed by atoms with E-state index in [0.29, 0.717) is 38.1 Å². The van der Waals surface area contributed by atoms with Gasteiger partial charge in [-0.05, 0) is 98.3 Å². The van der Waals surface area contributed by atoms with Crippen molar-refractivity contribution in [2.75, 3.05) is 17.2 Å². The van der Waals surface area contributed by atoms with Gasteiger partial charge in [-0.1, -0.05) is 47.5 Å². The fourth-order valence-electron chi connectivity index (χ4n) is 3.94. The summed E-state index contributed by atoms with van der Waals surface area (Å²) >= 11 is 13.7. The molecule has 1 unspecified atom stereocenters. The van der Waals surface area contributed by atoms with Crippen LogP contribution in [0.25, 0.3) is 6.08 Å². The highest BCUT2D eigenvalue weighted by Crippen LogP contribution is 2.27. The van der Waals surface area contributed by atoms with E-state index in [1.54, 1.807) is 111 Å². The van der Waals surface area contributed by atoms with Crippen molar-refractivity contribution in [2.24, 2.45) is 0 Å². The van der Waals surface area contributed by atoms with E-state index in [2.05, 4.69) is 16.0 Å². The first-order valence-corrected chi connectivity index (χ1v) is 15.5. The normalized spacial score (nSPS) is 11.7. The summed E-state index contributed by atoms with van der Waals surface area (Å²) < 4.78 is 4.98. The maximum absolute atomic E-state index is 13.3. The highest BCUT2D eigenvalue weighted by Gasteiger charge is 2.18. The van der Waals surface area contributed by atoms with Gasteiger partial charge in [0.15, 0.2) is 0 Å². The van der Waals surface area contributed by atoms with Gasteiger partial charge in [-0.3, -0.25) is 14.4 Å². The van der Waals surface area contributed by atoms with Crippen molar-refractivity contribution >= 4 is 76.1 Å². The highest BCUT2D eigenvalue weighted by atomic mass is 35.5. The third-order valence-corrected chi connectivity index (χ3v) is 7.92. The Morgan fingerprint density at radius 3 is 2.11 bits per heavy atom. The van der Waals surface area contributed by atoms with Crippen LogP contribution in [-0.2, 0) is 14.3 Å². The number of benzene rings is 4. The summed E-state index contributed by atoms with van der Waals surface area (Å²) in [7, 11) is 0. The van der Waals surface area contributed by atoms with Gasteiger partial charge < -0.3 is 20.7 Å². The van der Waals surface area contributed by atoms with Gasteiger partial charge in [-0.25, -0.2) is 4.79 Å². The van der Waals surface area contributed by atoms with E-state index < -0.39 is 23.0 Å². The van der Waals surface area contributed by atoms with Crippen LogP contribution in [0.2, 0.25) is 10.0 Å². The van der Waals surface area contributed by atoms with Crippen LogP contribution >= 0.6 is 35.0 Å². The van der Waals surface area contributed by atoms with E-state index in [9.17, 15) is 19.2 Å². The molecule has 1 atom stereocenters. The van der Waals surface area contributed by atoms with Crippen LogP contribution in [0.3, 0.4) is 0 Å². The SMILES string of the molecule is CCOC(=O)c1ccc(NC(=O)C(C)Sc2ccc(NC(=O)/C(=C/c3ccc(Cl)cc3Cl)NC(=O)c3ccccc3)cc2)cc1. The zero-order valence-corrected chi connectivity index (χ0v) is 26.6. The minimum atomic E-state index is -0.563. The van der Waals surface area contributed by atoms with Crippen LogP contribution in [0.1, 0.15) is 40.1 Å². The van der Waals surface area contributed by atoms with E-state index in [1.165, 1.54) is 17.8 Å². The average molecular weight is 663 g/mol. The van der Waals surface area contributed by atoms with Gasteiger partial charge in [0.2, 0.25) is 5.91 Å². The molecule has 3 amide bonds. The van der Waals surface area contributed by atoms with Crippen molar-refractivity contribution in [1.82, 2.24) is 5.32 Å². The molecule has 11 heteroatoms. The maximum Gasteiger partial charge on any atom is 0.338 e. The molecule has 4 aromatic carbocycles. The lowest BCUT2D eigenvalue weighted by Crippen LogP contribution is -2.30. The second-order valence-electron chi connectivity index (χ2n) is 9.57. The van der Waals surface area contributed by atoms with Gasteiger partial charge >= 0.3 is 5.97 Å². The fraction of sp³-hybridized carbons (Fsp3) is 0.118. The monoisotopic (exact) mass is 661 g/mol. The van der Waals surface area contributed by atoms with Gasteiger partial charge in [0.25, 0.3) is 11.8 Å². The smallest absolute Gasteiger partial charge is 0.338 e. The summed E-state index contributed by atoms with van der Waals surface area (Å²) in [5.74, 6) is -1.66. The molecule has 0 spiro atoms. The number of hydrogen-bond acceptors (Lipinski definition) is 6. The summed E-state index contributed by atoms with van der Waals surface area (Å²) in [6.07, 6.45) is 1.48. The number of ether oxygens (including phenoxy) is 1. The summed E-state index contributed by atoms with van der Waals surface area (Å²) in [4.78, 5) is 51.6. The van der Waals surface area contributed by atoms with Crippen molar-refractivity contribution in [3.8, 4) is 0 Å². The maximum atomic E-state index is 13.3. The number of amides is 3. The predicted octanol–water partition coefficient (Wildman–Crippen LogP) is 7.70. The average Bonchev–Trinajstić information content (AvgIpc) is 3.03. The molecule has 0 radical (unpaired) electrons. The summed E-state index contributed by atoms with van der Waals surface area (Å²) in [6.45, 7) is 3.79.